The fourth-order valence-electron chi connectivity index (χ4n) is 1.03. The van der Waals surface area contributed by atoms with Crippen molar-refractivity contribution in [1.82, 2.24) is 0 Å². The Labute approximate surface area is 99.7 Å². The number of alkyl halides is 3. The predicted octanol–water partition coefficient (Wildman–Crippen LogP) is 4.41. The molecule has 0 nitrogen and oxygen atoms in total. The van der Waals surface area contributed by atoms with Crippen molar-refractivity contribution < 1.29 is 13.2 Å². The number of halogens is 4. The highest BCUT2D eigenvalue weighted by atomic mass is 79.9. The van der Waals surface area contributed by atoms with Gasteiger partial charge in [-0.25, -0.2) is 0 Å². The molecule has 82 valence electrons. The third-order valence-corrected chi connectivity index (χ3v) is 2.66. The van der Waals surface area contributed by atoms with E-state index in [1.54, 1.807) is 12.2 Å². The maximum Gasteiger partial charge on any atom is 0.416 e. The van der Waals surface area contributed by atoms with E-state index in [4.69, 9.17) is 0 Å². The highest BCUT2D eigenvalue weighted by Gasteiger charge is 2.30. The van der Waals surface area contributed by atoms with Crippen molar-refractivity contribution in [2.24, 2.45) is 0 Å². The Morgan fingerprint density at radius 3 is 2.53 bits per heavy atom. The summed E-state index contributed by atoms with van der Waals surface area (Å²) in [7, 11) is 0. The SMILES string of the molecule is FC(F)(F)c1ccc(Br)c(C=CCS)c1. The molecule has 0 unspecified atom stereocenters. The molecule has 0 aliphatic carbocycles. The predicted molar refractivity (Wildman–Crippen MR) is 62.0 cm³/mol. The van der Waals surface area contributed by atoms with Crippen LogP contribution in [-0.2, 0) is 6.18 Å². The zero-order valence-corrected chi connectivity index (χ0v) is 10.0. The van der Waals surface area contributed by atoms with Gasteiger partial charge >= 0.3 is 6.18 Å². The normalized spacial score (nSPS) is 12.3. The zero-order chi connectivity index (χ0) is 11.5. The number of hydrogen-bond donors (Lipinski definition) is 1. The van der Waals surface area contributed by atoms with Gasteiger partial charge in [-0.15, -0.1) is 0 Å². The van der Waals surface area contributed by atoms with Crippen LogP contribution in [0.2, 0.25) is 0 Å². The Morgan fingerprint density at radius 1 is 1.33 bits per heavy atom. The van der Waals surface area contributed by atoms with Gasteiger partial charge in [-0.3, -0.25) is 0 Å². The zero-order valence-electron chi connectivity index (χ0n) is 7.55. The molecule has 1 aromatic carbocycles. The fraction of sp³-hybridized carbons (Fsp3) is 0.200. The summed E-state index contributed by atoms with van der Waals surface area (Å²) in [5.74, 6) is 0.489. The first kappa shape index (κ1) is 12.6. The Kier molecular flexibility index (Phi) is 4.28. The first-order valence-electron chi connectivity index (χ1n) is 4.09. The summed E-state index contributed by atoms with van der Waals surface area (Å²) in [6.45, 7) is 0. The van der Waals surface area contributed by atoms with E-state index in [9.17, 15) is 13.2 Å². The average Bonchev–Trinajstić information content (AvgIpc) is 2.15. The molecule has 0 N–H and O–H groups in total. The van der Waals surface area contributed by atoms with Crippen LogP contribution in [0.15, 0.2) is 28.7 Å². The summed E-state index contributed by atoms with van der Waals surface area (Å²) < 4.78 is 37.7. The minimum absolute atomic E-state index is 0.489. The molecule has 0 radical (unpaired) electrons. The monoisotopic (exact) mass is 296 g/mol. The summed E-state index contributed by atoms with van der Waals surface area (Å²) in [5, 5.41) is 0. The standard InChI is InChI=1S/C10H8BrF3S/c11-9-4-3-8(10(12,13)14)6-7(9)2-1-5-15/h1-4,6,15H,5H2. The van der Waals surface area contributed by atoms with Crippen LogP contribution in [0.1, 0.15) is 11.1 Å². The van der Waals surface area contributed by atoms with Crippen molar-refractivity contribution >= 4 is 34.6 Å². The van der Waals surface area contributed by atoms with Crippen LogP contribution in [0.3, 0.4) is 0 Å². The van der Waals surface area contributed by atoms with Crippen molar-refractivity contribution in [2.45, 2.75) is 6.18 Å². The van der Waals surface area contributed by atoms with E-state index in [0.717, 1.165) is 12.1 Å². The molecule has 0 bridgehead atoms. The molecule has 15 heavy (non-hydrogen) atoms. The first-order chi connectivity index (χ1) is 6.95. The van der Waals surface area contributed by atoms with Gasteiger partial charge in [0.15, 0.2) is 0 Å². The summed E-state index contributed by atoms with van der Waals surface area (Å²) in [6.07, 6.45) is -1.01. The maximum absolute atomic E-state index is 12.4. The van der Waals surface area contributed by atoms with Gasteiger partial charge in [-0.05, 0) is 23.8 Å². The Bertz CT molecular complexity index is 371. The Morgan fingerprint density at radius 2 is 2.00 bits per heavy atom. The topological polar surface area (TPSA) is 0 Å². The molecule has 0 amide bonds. The van der Waals surface area contributed by atoms with E-state index >= 15 is 0 Å². The molecule has 5 heteroatoms. The summed E-state index contributed by atoms with van der Waals surface area (Å²) >= 11 is 7.13. The Balaban J connectivity index is 3.11. The van der Waals surface area contributed by atoms with Crippen molar-refractivity contribution in [1.29, 1.82) is 0 Å². The van der Waals surface area contributed by atoms with Crippen molar-refractivity contribution in [3.63, 3.8) is 0 Å². The smallest absolute Gasteiger partial charge is 0.175 e. The van der Waals surface area contributed by atoms with Gasteiger partial charge in [0.05, 0.1) is 5.56 Å². The molecule has 0 atom stereocenters. The third kappa shape index (κ3) is 3.57. The van der Waals surface area contributed by atoms with Crippen LogP contribution in [0, 0.1) is 0 Å². The van der Waals surface area contributed by atoms with Gasteiger partial charge in [0.1, 0.15) is 0 Å². The molecular weight excluding hydrogens is 289 g/mol. The van der Waals surface area contributed by atoms with E-state index in [2.05, 4.69) is 28.6 Å². The molecule has 0 aromatic heterocycles. The number of thiol groups is 1. The minimum Gasteiger partial charge on any atom is -0.175 e. The molecule has 0 aliphatic heterocycles. The van der Waals surface area contributed by atoms with Gasteiger partial charge in [0.2, 0.25) is 0 Å². The number of hydrogen-bond acceptors (Lipinski definition) is 1. The lowest BCUT2D eigenvalue weighted by Crippen LogP contribution is -2.04. The quantitative estimate of drug-likeness (QED) is 0.768. The van der Waals surface area contributed by atoms with Gasteiger partial charge in [-0.2, -0.15) is 25.8 Å². The van der Waals surface area contributed by atoms with E-state index in [0.29, 0.717) is 15.8 Å². The second kappa shape index (κ2) is 5.07. The maximum atomic E-state index is 12.4. The first-order valence-corrected chi connectivity index (χ1v) is 5.52. The molecule has 0 fully saturated rings. The third-order valence-electron chi connectivity index (χ3n) is 1.73. The van der Waals surface area contributed by atoms with Crippen molar-refractivity contribution in [3.05, 3.63) is 39.9 Å². The summed E-state index contributed by atoms with van der Waals surface area (Å²) in [4.78, 5) is 0. The van der Waals surface area contributed by atoms with Gasteiger partial charge in [-0.1, -0.05) is 28.1 Å². The molecular formula is C10H8BrF3S. The van der Waals surface area contributed by atoms with E-state index in [-0.39, 0.29) is 0 Å². The van der Waals surface area contributed by atoms with E-state index in [1.165, 1.54) is 6.07 Å². The number of rotatable bonds is 2. The van der Waals surface area contributed by atoms with Crippen LogP contribution >= 0.6 is 28.6 Å². The second-order valence-electron chi connectivity index (χ2n) is 2.82. The highest BCUT2D eigenvalue weighted by molar-refractivity contribution is 9.10. The van der Waals surface area contributed by atoms with Crippen LogP contribution in [-0.4, -0.2) is 5.75 Å². The lowest BCUT2D eigenvalue weighted by atomic mass is 10.1. The minimum atomic E-state index is -4.30. The van der Waals surface area contributed by atoms with Crippen LogP contribution in [0.5, 0.6) is 0 Å². The lowest BCUT2D eigenvalue weighted by Gasteiger charge is -2.08. The molecule has 0 saturated heterocycles. The molecule has 1 rings (SSSR count). The fourth-order valence-corrected chi connectivity index (χ4v) is 1.51. The molecule has 0 saturated carbocycles. The molecule has 0 spiro atoms. The van der Waals surface area contributed by atoms with Crippen molar-refractivity contribution in [3.8, 4) is 0 Å². The molecule has 1 aromatic rings. The van der Waals surface area contributed by atoms with Gasteiger partial charge in [0, 0.05) is 10.2 Å². The largest absolute Gasteiger partial charge is 0.416 e. The summed E-state index contributed by atoms with van der Waals surface area (Å²) in [6, 6.07) is 3.53. The average molecular weight is 297 g/mol. The lowest BCUT2D eigenvalue weighted by molar-refractivity contribution is -0.137. The second-order valence-corrected chi connectivity index (χ2v) is 4.04. The number of benzene rings is 1. The van der Waals surface area contributed by atoms with Crippen LogP contribution < -0.4 is 0 Å². The van der Waals surface area contributed by atoms with Crippen LogP contribution in [0.4, 0.5) is 13.2 Å². The van der Waals surface area contributed by atoms with Gasteiger partial charge < -0.3 is 0 Å². The Hall–Kier alpha value is -0.420. The molecule has 0 heterocycles. The van der Waals surface area contributed by atoms with Gasteiger partial charge in [0.25, 0.3) is 0 Å². The summed E-state index contributed by atoms with van der Waals surface area (Å²) in [5.41, 5.74) is -0.150. The van der Waals surface area contributed by atoms with Crippen molar-refractivity contribution in [2.75, 3.05) is 5.75 Å². The van der Waals surface area contributed by atoms with E-state index in [1.807, 2.05) is 0 Å². The highest BCUT2D eigenvalue weighted by Crippen LogP contribution is 2.32. The van der Waals surface area contributed by atoms with Crippen LogP contribution in [0.25, 0.3) is 6.08 Å². The molecule has 0 aliphatic rings. The van der Waals surface area contributed by atoms with E-state index < -0.39 is 11.7 Å².